The quantitative estimate of drug-likeness (QED) is 0.135. The van der Waals surface area contributed by atoms with Crippen LogP contribution in [-0.2, 0) is 34.5 Å². The molecule has 1 aliphatic heterocycles. The van der Waals surface area contributed by atoms with E-state index in [-0.39, 0.29) is 0 Å². The van der Waals surface area contributed by atoms with Gasteiger partial charge in [0, 0.05) is 66.8 Å². The fourth-order valence-corrected chi connectivity index (χ4v) is 28.3. The van der Waals surface area contributed by atoms with Gasteiger partial charge in [-0.2, -0.15) is 0 Å². The fraction of sp³-hybridized carbons (Fsp3) is 0.182. The molecule has 306 valence electrons. The molecule has 0 atom stereocenters. The average molecular weight is 1170 g/mol. The Kier molecular flexibility index (Phi) is 15.4. The van der Waals surface area contributed by atoms with Crippen molar-refractivity contribution in [2.75, 3.05) is 0 Å². The Morgan fingerprint density at radius 1 is 0.283 bits per heavy atom. The number of nitrogens with zero attached hydrogens (tertiary/aromatic N) is 6. The Hall–Kier alpha value is 0.690. The van der Waals surface area contributed by atoms with Gasteiger partial charge < -0.3 is 0 Å². The standard InChI is InChI=1S/C33H18N6S21/c40-31-55-25-26(56-31)50-9-15-3-45-21(36-15)22-37-17(5-46-22)11-53-29-30(60-33(42)59-29)54-12-18-6-48-24(39-18)23-38-16(4-47-23)10-52-28-27(57-32(41)58-28)51-8-14-2-44-20(35-14)19-34-13(1-43-19)7-49-25/h1-6H,7-12H2. The van der Waals surface area contributed by atoms with Crippen LogP contribution < -0.4 is 0 Å². The van der Waals surface area contributed by atoms with Crippen molar-refractivity contribution in [1.82, 2.24) is 29.9 Å². The highest BCUT2D eigenvalue weighted by molar-refractivity contribution is 8.05. The van der Waals surface area contributed by atoms with Gasteiger partial charge in [-0.15, -0.1) is 207 Å². The molecular formula is C33H18N6S21. The number of thioether (sulfide) groups is 6. The Bertz CT molecular complexity index is 2560. The molecule has 0 radical (unpaired) electrons. The van der Waals surface area contributed by atoms with Gasteiger partial charge in [0.1, 0.15) is 9.41 Å². The molecular weight excluding hydrogens is 1150 g/mol. The van der Waals surface area contributed by atoms with Crippen molar-refractivity contribution in [2.24, 2.45) is 0 Å². The zero-order valence-corrected chi connectivity index (χ0v) is 46.6. The molecule has 10 rings (SSSR count). The van der Waals surface area contributed by atoms with Crippen LogP contribution in [0.15, 0.2) is 57.5 Å². The molecule has 0 spiro atoms. The van der Waals surface area contributed by atoms with Crippen molar-refractivity contribution in [1.29, 1.82) is 0 Å². The molecule has 1 aliphatic rings. The summed E-state index contributed by atoms with van der Waals surface area (Å²) < 4.78 is 10.3. The van der Waals surface area contributed by atoms with E-state index in [1.54, 1.807) is 136 Å². The minimum atomic E-state index is 0.783. The molecule has 12 bridgehead atoms. The molecule has 60 heavy (non-hydrogen) atoms. The minimum absolute atomic E-state index is 0.783. The van der Waals surface area contributed by atoms with Crippen LogP contribution in [0, 0.1) is 9.41 Å². The maximum absolute atomic E-state index is 5.66. The molecule has 10 heterocycles. The van der Waals surface area contributed by atoms with E-state index in [1.807, 2.05) is 70.6 Å². The van der Waals surface area contributed by atoms with Gasteiger partial charge in [-0.05, 0) is 0 Å². The second-order valence-corrected chi connectivity index (χ2v) is 34.0. The van der Waals surface area contributed by atoms with E-state index in [0.717, 1.165) is 108 Å². The molecule has 0 fully saturated rings. The van der Waals surface area contributed by atoms with Crippen molar-refractivity contribution in [3.63, 3.8) is 0 Å². The minimum Gasteiger partial charge on any atom is -0.238 e. The van der Waals surface area contributed by atoms with Gasteiger partial charge in [0.25, 0.3) is 0 Å². The Morgan fingerprint density at radius 2 is 0.450 bits per heavy atom. The fourth-order valence-electron chi connectivity index (χ4n) is 4.96. The first-order chi connectivity index (χ1) is 29.3. The van der Waals surface area contributed by atoms with Crippen molar-refractivity contribution >= 4 is 243 Å². The lowest BCUT2D eigenvalue weighted by molar-refractivity contribution is 1.19. The molecule has 9 aromatic rings. The third kappa shape index (κ3) is 11.1. The number of hydrogen-bond donors (Lipinski definition) is 0. The van der Waals surface area contributed by atoms with E-state index in [4.69, 9.17) is 66.6 Å². The maximum Gasteiger partial charge on any atom is 0.152 e. The summed E-state index contributed by atoms with van der Waals surface area (Å²) in [5, 5.41) is 18.7. The lowest BCUT2D eigenvalue weighted by atomic mass is 10.5. The second-order valence-electron chi connectivity index (χ2n) is 11.7. The Balaban J connectivity index is 0.882. The summed E-state index contributed by atoms with van der Waals surface area (Å²) in [6, 6.07) is 0. The topological polar surface area (TPSA) is 77.3 Å². The van der Waals surface area contributed by atoms with Crippen LogP contribution in [0.2, 0.25) is 0 Å². The van der Waals surface area contributed by atoms with E-state index < -0.39 is 0 Å². The Labute approximate surface area is 432 Å². The van der Waals surface area contributed by atoms with Crippen molar-refractivity contribution in [2.45, 2.75) is 59.8 Å². The van der Waals surface area contributed by atoms with E-state index in [2.05, 4.69) is 32.3 Å². The van der Waals surface area contributed by atoms with Crippen molar-refractivity contribution in [3.8, 4) is 30.0 Å². The summed E-state index contributed by atoms with van der Waals surface area (Å²) in [6.07, 6.45) is 0. The van der Waals surface area contributed by atoms with Crippen LogP contribution in [-0.4, -0.2) is 29.9 Å². The van der Waals surface area contributed by atoms with E-state index in [9.17, 15) is 0 Å². The lowest BCUT2D eigenvalue weighted by Gasteiger charge is -2.01. The summed E-state index contributed by atoms with van der Waals surface area (Å²) in [4.78, 5) is 29.9. The first kappa shape index (κ1) is 44.5. The van der Waals surface area contributed by atoms with Gasteiger partial charge in [0.05, 0.1) is 59.4 Å². The van der Waals surface area contributed by atoms with Gasteiger partial charge in [-0.1, -0.05) is 36.7 Å². The van der Waals surface area contributed by atoms with Crippen LogP contribution in [0.1, 0.15) is 34.2 Å². The third-order valence-corrected chi connectivity index (χ3v) is 30.2. The predicted molar refractivity (Wildman–Crippen MR) is 286 cm³/mol. The molecule has 0 amide bonds. The monoisotopic (exact) mass is 1170 g/mol. The largest absolute Gasteiger partial charge is 0.238 e. The second kappa shape index (κ2) is 20.7. The average Bonchev–Trinajstić information content (AvgIpc) is 4.08. The molecule has 0 saturated heterocycles. The first-order valence-electron chi connectivity index (χ1n) is 16.7. The summed E-state index contributed by atoms with van der Waals surface area (Å²) in [5.74, 6) is 4.70. The van der Waals surface area contributed by atoms with Crippen molar-refractivity contribution in [3.05, 3.63) is 75.9 Å². The predicted octanol–water partition coefficient (Wildman–Crippen LogP) is 18.1. The molecule has 6 nitrogen and oxygen atoms in total. The van der Waals surface area contributed by atoms with E-state index in [1.165, 1.54) is 25.3 Å². The molecule has 0 unspecified atom stereocenters. The summed E-state index contributed by atoms with van der Waals surface area (Å²) in [5.41, 5.74) is 6.35. The third-order valence-electron chi connectivity index (χ3n) is 7.52. The number of rotatable bonds is 0. The SMILES string of the molecule is S=c1sc2c(s1)SCc1csc(n1)-c1nc(cs1)CSc1sc(=S)sc1SCc1csc(n1)-c1nc(cs1)CSc1sc(=S)sc1SCc1csc(n1)-c1nc(cs1)CS2. The molecule has 0 aromatic carbocycles. The molecule has 27 heteroatoms. The molecule has 9 aromatic heterocycles. The van der Waals surface area contributed by atoms with E-state index >= 15 is 0 Å². The summed E-state index contributed by atoms with van der Waals surface area (Å²) in [6.45, 7) is 0. The van der Waals surface area contributed by atoms with Gasteiger partial charge >= 0.3 is 0 Å². The van der Waals surface area contributed by atoms with Gasteiger partial charge in [-0.3, -0.25) is 0 Å². The van der Waals surface area contributed by atoms with Crippen LogP contribution in [0.25, 0.3) is 30.0 Å². The summed E-state index contributed by atoms with van der Waals surface area (Å²) >= 11 is 48.0. The van der Waals surface area contributed by atoms with E-state index in [0.29, 0.717) is 0 Å². The molecule has 0 N–H and O–H groups in total. The van der Waals surface area contributed by atoms with Crippen LogP contribution in [0.5, 0.6) is 0 Å². The molecule has 0 aliphatic carbocycles. The lowest BCUT2D eigenvalue weighted by Crippen LogP contribution is -1.85. The van der Waals surface area contributed by atoms with Crippen LogP contribution in [0.4, 0.5) is 0 Å². The number of aromatic nitrogens is 6. The zero-order valence-electron chi connectivity index (χ0n) is 29.5. The van der Waals surface area contributed by atoms with Gasteiger partial charge in [0.2, 0.25) is 0 Å². The van der Waals surface area contributed by atoms with Gasteiger partial charge in [0.15, 0.2) is 30.0 Å². The zero-order chi connectivity index (χ0) is 40.6. The highest BCUT2D eigenvalue weighted by Gasteiger charge is 2.19. The number of thiazole rings is 6. The molecule has 0 saturated carbocycles. The number of hydrogen-bond acceptors (Lipinski definition) is 27. The van der Waals surface area contributed by atoms with Crippen molar-refractivity contribution < 1.29 is 0 Å². The summed E-state index contributed by atoms with van der Waals surface area (Å²) in [7, 11) is 0. The normalized spacial score (nSPS) is 14.4. The Morgan fingerprint density at radius 3 is 0.617 bits per heavy atom. The number of fused-ring (bicyclic) bond motifs is 18. The van der Waals surface area contributed by atoms with Gasteiger partial charge in [-0.25, -0.2) is 29.9 Å². The first-order valence-corrected chi connectivity index (χ1v) is 34.0. The maximum atomic E-state index is 5.66. The smallest absolute Gasteiger partial charge is 0.152 e. The highest BCUT2D eigenvalue weighted by Crippen LogP contribution is 2.47. The van der Waals surface area contributed by atoms with Crippen LogP contribution >= 0.6 is 243 Å². The van der Waals surface area contributed by atoms with Crippen LogP contribution in [0.3, 0.4) is 0 Å². The highest BCUT2D eigenvalue weighted by atomic mass is 32.2.